The first-order valence-corrected chi connectivity index (χ1v) is 11.4. The first-order valence-electron chi connectivity index (χ1n) is 10.6. The van der Waals surface area contributed by atoms with Gasteiger partial charge in [0.2, 0.25) is 5.01 Å². The van der Waals surface area contributed by atoms with E-state index < -0.39 is 11.7 Å². The lowest BCUT2D eigenvalue weighted by molar-refractivity contribution is 0.102. The lowest BCUT2D eigenvalue weighted by atomic mass is 9.98. The van der Waals surface area contributed by atoms with Gasteiger partial charge in [0.25, 0.3) is 5.91 Å². The summed E-state index contributed by atoms with van der Waals surface area (Å²) in [4.78, 5) is 26.6. The van der Waals surface area contributed by atoms with Gasteiger partial charge in [0.15, 0.2) is 0 Å². The van der Waals surface area contributed by atoms with E-state index in [2.05, 4.69) is 20.8 Å². The van der Waals surface area contributed by atoms with Gasteiger partial charge < -0.3 is 15.5 Å². The summed E-state index contributed by atoms with van der Waals surface area (Å²) < 4.78 is 13.7. The summed E-state index contributed by atoms with van der Waals surface area (Å²) in [5.74, 6) is -0.829. The summed E-state index contributed by atoms with van der Waals surface area (Å²) in [5, 5.41) is 14.6. The molecule has 3 aromatic rings. The van der Waals surface area contributed by atoms with Gasteiger partial charge in [-0.3, -0.25) is 4.79 Å². The number of halogens is 1. The molecule has 7 nitrogen and oxygen atoms in total. The average Bonchev–Trinajstić information content (AvgIpc) is 3.32. The van der Waals surface area contributed by atoms with Crippen molar-refractivity contribution in [2.24, 2.45) is 0 Å². The number of nitrogens with zero attached hydrogens (tertiary/aromatic N) is 3. The number of amides is 3. The van der Waals surface area contributed by atoms with Crippen LogP contribution in [-0.2, 0) is 6.42 Å². The molecule has 166 valence electrons. The van der Waals surface area contributed by atoms with E-state index in [4.69, 9.17) is 0 Å². The predicted molar refractivity (Wildman–Crippen MR) is 121 cm³/mol. The molecule has 0 atom stereocenters. The van der Waals surface area contributed by atoms with Gasteiger partial charge in [0.05, 0.1) is 5.69 Å². The number of benzene rings is 2. The van der Waals surface area contributed by atoms with Crippen LogP contribution in [0.2, 0.25) is 0 Å². The number of piperidine rings is 1. The van der Waals surface area contributed by atoms with E-state index in [1.807, 2.05) is 35.2 Å². The molecule has 1 aliphatic heterocycles. The van der Waals surface area contributed by atoms with Gasteiger partial charge in [-0.25, -0.2) is 9.18 Å². The Morgan fingerprint density at radius 2 is 1.75 bits per heavy atom. The fourth-order valence-electron chi connectivity index (χ4n) is 3.63. The Hall–Kier alpha value is -3.33. The zero-order valence-electron chi connectivity index (χ0n) is 17.5. The van der Waals surface area contributed by atoms with Crippen molar-refractivity contribution in [2.75, 3.05) is 25.0 Å². The fraction of sp³-hybridized carbons (Fsp3) is 0.304. The molecule has 0 unspecified atom stereocenters. The monoisotopic (exact) mass is 453 g/mol. The summed E-state index contributed by atoms with van der Waals surface area (Å²) in [6, 6.07) is 16.0. The summed E-state index contributed by atoms with van der Waals surface area (Å²) in [5.41, 5.74) is 1.30. The van der Waals surface area contributed by atoms with Crippen LogP contribution < -0.4 is 10.6 Å². The van der Waals surface area contributed by atoms with Crippen LogP contribution in [0.5, 0.6) is 0 Å². The maximum Gasteiger partial charge on any atom is 0.317 e. The van der Waals surface area contributed by atoms with Crippen LogP contribution in [-0.4, -0.2) is 46.7 Å². The third-order valence-corrected chi connectivity index (χ3v) is 6.51. The summed E-state index contributed by atoms with van der Waals surface area (Å²) in [7, 11) is 0. The van der Waals surface area contributed by atoms with Crippen molar-refractivity contribution in [3.05, 3.63) is 76.0 Å². The molecule has 2 heterocycles. The minimum atomic E-state index is -0.500. The van der Waals surface area contributed by atoms with E-state index >= 15 is 0 Å². The average molecular weight is 454 g/mol. The Bertz CT molecular complexity index is 1070. The third kappa shape index (κ3) is 5.47. The lowest BCUT2D eigenvalue weighted by Crippen LogP contribution is -2.44. The van der Waals surface area contributed by atoms with Gasteiger partial charge in [0.1, 0.15) is 10.8 Å². The van der Waals surface area contributed by atoms with E-state index in [0.717, 1.165) is 24.3 Å². The number of hydrogen-bond acceptors (Lipinski definition) is 5. The predicted octanol–water partition coefficient (Wildman–Crippen LogP) is 4.06. The van der Waals surface area contributed by atoms with Crippen LogP contribution in [0.4, 0.5) is 14.9 Å². The molecule has 0 bridgehead atoms. The van der Waals surface area contributed by atoms with Gasteiger partial charge in [-0.05, 0) is 37.0 Å². The Morgan fingerprint density at radius 1 is 1.03 bits per heavy atom. The number of para-hydroxylation sites is 1. The van der Waals surface area contributed by atoms with Crippen LogP contribution in [0, 0.1) is 5.82 Å². The van der Waals surface area contributed by atoms with Crippen molar-refractivity contribution in [1.29, 1.82) is 0 Å². The number of urea groups is 1. The number of likely N-dealkylation sites (tertiary alicyclic amines) is 1. The SMILES string of the molecule is O=C(Nc1ccccc1F)c1nnc(C2CCN(C(=O)NCCc3ccccc3)CC2)s1. The molecule has 1 aromatic heterocycles. The lowest BCUT2D eigenvalue weighted by Gasteiger charge is -2.31. The number of aromatic nitrogens is 2. The molecule has 0 spiro atoms. The van der Waals surface area contributed by atoms with E-state index in [1.165, 1.54) is 29.0 Å². The second-order valence-electron chi connectivity index (χ2n) is 7.61. The van der Waals surface area contributed by atoms with Crippen LogP contribution >= 0.6 is 11.3 Å². The summed E-state index contributed by atoms with van der Waals surface area (Å²) >= 11 is 1.22. The van der Waals surface area contributed by atoms with Crippen LogP contribution in [0.1, 0.15) is 39.1 Å². The number of anilines is 1. The van der Waals surface area contributed by atoms with Crippen LogP contribution in [0.3, 0.4) is 0 Å². The van der Waals surface area contributed by atoms with Crippen molar-refractivity contribution in [3.63, 3.8) is 0 Å². The first kappa shape index (κ1) is 21.9. The second-order valence-corrected chi connectivity index (χ2v) is 8.62. The molecule has 32 heavy (non-hydrogen) atoms. The van der Waals surface area contributed by atoms with Crippen molar-refractivity contribution in [2.45, 2.75) is 25.2 Å². The van der Waals surface area contributed by atoms with Crippen molar-refractivity contribution in [1.82, 2.24) is 20.4 Å². The molecule has 0 saturated carbocycles. The number of carbonyl (C=O) groups is 2. The number of nitrogens with one attached hydrogen (secondary N) is 2. The maximum atomic E-state index is 13.7. The quantitative estimate of drug-likeness (QED) is 0.589. The van der Waals surface area contributed by atoms with Crippen LogP contribution in [0.25, 0.3) is 0 Å². The molecular formula is C23H24FN5O2S. The Morgan fingerprint density at radius 3 is 2.50 bits per heavy atom. The standard InChI is InChI=1S/C23H24FN5O2S/c24-18-8-4-5-9-19(18)26-20(30)22-28-27-21(32-22)17-11-14-29(15-12-17)23(31)25-13-10-16-6-2-1-3-7-16/h1-9,17H,10-15H2,(H,25,31)(H,26,30). The smallest absolute Gasteiger partial charge is 0.317 e. The van der Waals surface area contributed by atoms with Crippen molar-refractivity contribution >= 4 is 29.0 Å². The molecule has 2 aromatic carbocycles. The minimum Gasteiger partial charge on any atom is -0.338 e. The zero-order chi connectivity index (χ0) is 22.3. The third-order valence-electron chi connectivity index (χ3n) is 5.42. The number of hydrogen-bond donors (Lipinski definition) is 2. The highest BCUT2D eigenvalue weighted by atomic mass is 32.1. The number of carbonyl (C=O) groups excluding carboxylic acids is 2. The molecule has 1 saturated heterocycles. The summed E-state index contributed by atoms with van der Waals surface area (Å²) in [6.07, 6.45) is 2.32. The minimum absolute atomic E-state index is 0.0541. The van der Waals surface area contributed by atoms with Gasteiger partial charge >= 0.3 is 6.03 Å². The van der Waals surface area contributed by atoms with E-state index in [1.54, 1.807) is 12.1 Å². The molecule has 0 aliphatic carbocycles. The highest BCUT2D eigenvalue weighted by Crippen LogP contribution is 2.30. The van der Waals surface area contributed by atoms with Gasteiger partial charge in [0, 0.05) is 25.6 Å². The van der Waals surface area contributed by atoms with Crippen molar-refractivity contribution < 1.29 is 14.0 Å². The normalized spacial score (nSPS) is 14.2. The Labute approximate surface area is 189 Å². The maximum absolute atomic E-state index is 13.7. The second kappa shape index (κ2) is 10.3. The van der Waals surface area contributed by atoms with Crippen LogP contribution in [0.15, 0.2) is 54.6 Å². The van der Waals surface area contributed by atoms with E-state index in [9.17, 15) is 14.0 Å². The molecule has 0 radical (unpaired) electrons. The molecule has 1 aliphatic rings. The molecular weight excluding hydrogens is 429 g/mol. The zero-order valence-corrected chi connectivity index (χ0v) is 18.3. The largest absolute Gasteiger partial charge is 0.338 e. The van der Waals surface area contributed by atoms with Gasteiger partial charge in [-0.15, -0.1) is 10.2 Å². The van der Waals surface area contributed by atoms with Gasteiger partial charge in [-0.2, -0.15) is 0 Å². The van der Waals surface area contributed by atoms with Gasteiger partial charge in [-0.1, -0.05) is 53.8 Å². The topological polar surface area (TPSA) is 87.2 Å². The highest BCUT2D eigenvalue weighted by Gasteiger charge is 2.27. The molecule has 9 heteroatoms. The first-order chi connectivity index (χ1) is 15.6. The van der Waals surface area contributed by atoms with E-state index in [0.29, 0.717) is 19.6 Å². The highest BCUT2D eigenvalue weighted by molar-refractivity contribution is 7.13. The Kier molecular flexibility index (Phi) is 7.06. The van der Waals surface area contributed by atoms with Crippen molar-refractivity contribution in [3.8, 4) is 0 Å². The summed E-state index contributed by atoms with van der Waals surface area (Å²) in [6.45, 7) is 1.84. The Balaban J connectivity index is 1.24. The molecule has 1 fully saturated rings. The molecule has 3 amide bonds. The molecule has 4 rings (SSSR count). The number of rotatable bonds is 6. The van der Waals surface area contributed by atoms with E-state index in [-0.39, 0.29) is 22.6 Å². The molecule has 2 N–H and O–H groups in total. The fourth-order valence-corrected chi connectivity index (χ4v) is 4.54.